The number of anilines is 2. The van der Waals surface area contributed by atoms with Crippen LogP contribution in [0.25, 0.3) is 0 Å². The monoisotopic (exact) mass is 500 g/mol. The lowest BCUT2D eigenvalue weighted by atomic mass is 9.98. The third kappa shape index (κ3) is 4.36. The molecule has 1 aromatic carbocycles. The van der Waals surface area contributed by atoms with Crippen LogP contribution in [0.5, 0.6) is 5.75 Å². The lowest BCUT2D eigenvalue weighted by molar-refractivity contribution is 0.0942. The van der Waals surface area contributed by atoms with Gasteiger partial charge in [-0.15, -0.1) is 0 Å². The summed E-state index contributed by atoms with van der Waals surface area (Å²) in [5, 5.41) is 13.2. The van der Waals surface area contributed by atoms with Crippen molar-refractivity contribution in [2.24, 2.45) is 5.92 Å². The Kier molecular flexibility index (Phi) is 6.52. The van der Waals surface area contributed by atoms with E-state index >= 15 is 0 Å². The second-order valence-electron chi connectivity index (χ2n) is 9.32. The first-order chi connectivity index (χ1) is 17.4. The number of ether oxygens (including phenoxy) is 1. The van der Waals surface area contributed by atoms with E-state index in [1.165, 1.54) is 27.7 Å². The van der Waals surface area contributed by atoms with Gasteiger partial charge < -0.3 is 25.0 Å². The van der Waals surface area contributed by atoms with E-state index in [2.05, 4.69) is 10.3 Å². The molecule has 2 N–H and O–H groups in total. The van der Waals surface area contributed by atoms with E-state index in [-0.39, 0.29) is 18.3 Å². The van der Waals surface area contributed by atoms with Crippen molar-refractivity contribution in [2.75, 3.05) is 56.2 Å². The highest BCUT2D eigenvalue weighted by Gasteiger charge is 2.33. The molecule has 2 aromatic rings. The highest BCUT2D eigenvalue weighted by molar-refractivity contribution is 5.96. The molecule has 11 nitrogen and oxygen atoms in total. The number of rotatable bonds is 7. The number of piperidine rings is 1. The van der Waals surface area contributed by atoms with Gasteiger partial charge in [0.05, 0.1) is 12.3 Å². The molecule has 0 unspecified atom stereocenters. The molecule has 12 heteroatoms. The molecule has 6 rings (SSSR count). The van der Waals surface area contributed by atoms with Crippen LogP contribution < -0.4 is 20.7 Å². The predicted octanol–water partition coefficient (Wildman–Crippen LogP) is 1.14. The van der Waals surface area contributed by atoms with E-state index in [0.717, 1.165) is 25.9 Å². The van der Waals surface area contributed by atoms with Gasteiger partial charge in [-0.2, -0.15) is 0 Å². The van der Waals surface area contributed by atoms with Gasteiger partial charge in [0.15, 0.2) is 5.69 Å². The zero-order chi connectivity index (χ0) is 25.4. The minimum absolute atomic E-state index is 0.0539. The van der Waals surface area contributed by atoms with Crippen LogP contribution in [0, 0.1) is 11.7 Å². The summed E-state index contributed by atoms with van der Waals surface area (Å²) in [6, 6.07) is 3.74. The Balaban J connectivity index is 1.36. The second-order valence-corrected chi connectivity index (χ2v) is 9.32. The van der Waals surface area contributed by atoms with Crippen molar-refractivity contribution in [3.8, 4) is 5.75 Å². The van der Waals surface area contributed by atoms with Crippen LogP contribution in [0.4, 0.5) is 20.8 Å². The van der Waals surface area contributed by atoms with E-state index in [0.29, 0.717) is 55.9 Å². The predicted molar refractivity (Wildman–Crippen MR) is 129 cm³/mol. The molecule has 5 heterocycles. The number of urea groups is 1. The number of carbonyl (C=O) groups excluding carboxylic acids is 2. The number of methoxy groups -OCH3 is 1. The van der Waals surface area contributed by atoms with Gasteiger partial charge in [-0.05, 0) is 36.5 Å². The number of aromatic nitrogens is 2. The van der Waals surface area contributed by atoms with E-state index < -0.39 is 23.0 Å². The number of hydrogen-bond donors (Lipinski definition) is 2. The third-order valence-corrected chi connectivity index (χ3v) is 7.12. The van der Waals surface area contributed by atoms with Crippen molar-refractivity contribution in [2.45, 2.75) is 25.9 Å². The van der Waals surface area contributed by atoms with Gasteiger partial charge in [-0.25, -0.2) is 14.2 Å². The molecule has 2 saturated heterocycles. The maximum atomic E-state index is 14.1. The Hall–Kier alpha value is -3.67. The van der Waals surface area contributed by atoms with E-state index in [1.807, 2.05) is 4.90 Å². The van der Waals surface area contributed by atoms with Gasteiger partial charge in [-0.3, -0.25) is 19.1 Å². The average molecular weight is 501 g/mol. The van der Waals surface area contributed by atoms with Crippen molar-refractivity contribution in [1.82, 2.24) is 19.8 Å². The summed E-state index contributed by atoms with van der Waals surface area (Å²) in [6.45, 7) is 3.55. The van der Waals surface area contributed by atoms with Crippen molar-refractivity contribution in [3.63, 3.8) is 0 Å². The summed E-state index contributed by atoms with van der Waals surface area (Å²) in [4.78, 5) is 48.2. The topological polar surface area (TPSA) is 120 Å². The van der Waals surface area contributed by atoms with Crippen LogP contribution in [-0.4, -0.2) is 77.9 Å². The number of nitrogens with one attached hydrogen (secondary N) is 1. The number of benzene rings is 1. The molecule has 192 valence electrons. The maximum Gasteiger partial charge on any atom is 0.324 e. The summed E-state index contributed by atoms with van der Waals surface area (Å²) in [7, 11) is 1.55. The zero-order valence-corrected chi connectivity index (χ0v) is 20.1. The number of hydrogen-bond acceptors (Lipinski definition) is 7. The summed E-state index contributed by atoms with van der Waals surface area (Å²) in [5.74, 6) is -1.19. The van der Waals surface area contributed by atoms with Crippen LogP contribution >= 0.6 is 0 Å². The molecular formula is C24H29FN6O5. The number of fused-ring (bicyclic) bond motifs is 2. The first-order valence-electron chi connectivity index (χ1n) is 12.1. The maximum absolute atomic E-state index is 14.1. The molecule has 2 fully saturated rings. The fourth-order valence-electron chi connectivity index (χ4n) is 5.08. The van der Waals surface area contributed by atoms with Gasteiger partial charge in [0.2, 0.25) is 11.7 Å². The van der Waals surface area contributed by atoms with Crippen LogP contribution in [-0.2, 0) is 17.8 Å². The lowest BCUT2D eigenvalue weighted by Crippen LogP contribution is -2.35. The summed E-state index contributed by atoms with van der Waals surface area (Å²) in [5.41, 5.74) is -0.115. The molecule has 4 aliphatic heterocycles. The SMILES string of the molecule is COCCN1CCN(c2cc(F)ccc2CNC(=O)c2nc3n(c(=O)c2O)CC2CCN3CC2)C1=O. The first kappa shape index (κ1) is 24.0. The zero-order valence-electron chi connectivity index (χ0n) is 20.1. The number of halogens is 1. The normalized spacial score (nSPS) is 17.5. The Bertz CT molecular complexity index is 1240. The molecule has 1 aromatic heterocycles. The molecule has 0 aliphatic carbocycles. The molecule has 0 spiro atoms. The van der Waals surface area contributed by atoms with Crippen molar-refractivity contribution in [1.29, 1.82) is 0 Å². The number of aromatic hydroxyl groups is 1. The Morgan fingerprint density at radius 1 is 1.22 bits per heavy atom. The molecule has 0 saturated carbocycles. The third-order valence-electron chi connectivity index (χ3n) is 7.12. The van der Waals surface area contributed by atoms with Crippen LogP contribution in [0.3, 0.4) is 0 Å². The molecule has 0 atom stereocenters. The average Bonchev–Trinajstić information content (AvgIpc) is 3.04. The molecule has 0 radical (unpaired) electrons. The van der Waals surface area contributed by atoms with Crippen molar-refractivity contribution in [3.05, 3.63) is 45.6 Å². The minimum atomic E-state index is -0.724. The van der Waals surface area contributed by atoms with Crippen LogP contribution in [0.2, 0.25) is 0 Å². The molecule has 2 bridgehead atoms. The van der Waals surface area contributed by atoms with Gasteiger partial charge in [0, 0.05) is 52.9 Å². The number of amides is 3. The Labute approximate surface area is 207 Å². The quantitative estimate of drug-likeness (QED) is 0.585. The molecule has 36 heavy (non-hydrogen) atoms. The summed E-state index contributed by atoms with van der Waals surface area (Å²) in [6.07, 6.45) is 1.85. The Morgan fingerprint density at radius 3 is 2.75 bits per heavy atom. The highest BCUT2D eigenvalue weighted by atomic mass is 19.1. The first-order valence-corrected chi connectivity index (χ1v) is 12.1. The van der Waals surface area contributed by atoms with E-state index in [1.54, 1.807) is 12.0 Å². The number of carbonyl (C=O) groups is 2. The fraction of sp³-hybridized carbons (Fsp3) is 0.500. The Morgan fingerprint density at radius 2 is 2.00 bits per heavy atom. The van der Waals surface area contributed by atoms with Crippen LogP contribution in [0.1, 0.15) is 28.9 Å². The van der Waals surface area contributed by atoms with Gasteiger partial charge >= 0.3 is 6.03 Å². The highest BCUT2D eigenvalue weighted by Crippen LogP contribution is 2.30. The minimum Gasteiger partial charge on any atom is -0.501 e. The van der Waals surface area contributed by atoms with E-state index in [4.69, 9.17) is 4.74 Å². The lowest BCUT2D eigenvalue weighted by Gasteiger charge is -2.27. The van der Waals surface area contributed by atoms with Crippen molar-refractivity contribution < 1.29 is 23.8 Å². The van der Waals surface area contributed by atoms with Crippen molar-refractivity contribution >= 4 is 23.6 Å². The molecule has 3 amide bonds. The smallest absolute Gasteiger partial charge is 0.324 e. The standard InChI is InChI=1S/C24H29FN6O5/c1-36-11-10-29-8-9-30(24(29)35)18-12-17(25)3-2-16(18)13-26-21(33)19-20(32)22(34)31-14-15-4-6-28(7-5-15)23(31)27-19/h2-3,12,15,32H,4-11,13-14H2,1H3,(H,26,33). The molecule has 4 aliphatic rings. The molecular weight excluding hydrogens is 471 g/mol. The van der Waals surface area contributed by atoms with Gasteiger partial charge in [0.1, 0.15) is 5.82 Å². The van der Waals surface area contributed by atoms with E-state index in [9.17, 15) is 23.9 Å². The second kappa shape index (κ2) is 9.76. The fourth-order valence-corrected chi connectivity index (χ4v) is 5.08. The van der Waals surface area contributed by atoms with Crippen LogP contribution in [0.15, 0.2) is 23.0 Å². The largest absolute Gasteiger partial charge is 0.501 e. The summed E-state index contributed by atoms with van der Waals surface area (Å²) >= 11 is 0. The van der Waals surface area contributed by atoms with Gasteiger partial charge in [0.25, 0.3) is 11.5 Å². The number of nitrogens with zero attached hydrogens (tertiary/aromatic N) is 5. The van der Waals surface area contributed by atoms with Gasteiger partial charge in [-0.1, -0.05) is 6.07 Å². The summed E-state index contributed by atoms with van der Waals surface area (Å²) < 4.78 is 20.6.